The molecule has 2 aliphatic rings. The first-order valence-corrected chi connectivity index (χ1v) is 8.83. The number of β-lactam (4-membered cyclic amide) rings is 1. The smallest absolute Gasteiger partial charge is 0.543 e. The molecule has 7 heteroatoms. The van der Waals surface area contributed by atoms with Crippen molar-refractivity contribution < 1.29 is 76.0 Å². The molecule has 0 radical (unpaired) electrons. The van der Waals surface area contributed by atoms with Gasteiger partial charge in [0.2, 0.25) is 5.91 Å². The van der Waals surface area contributed by atoms with Crippen LogP contribution in [0.1, 0.15) is 57.0 Å². The Morgan fingerprint density at radius 2 is 1.70 bits per heavy atom. The third-order valence-electron chi connectivity index (χ3n) is 4.31. The summed E-state index contributed by atoms with van der Waals surface area (Å²) in [5, 5.41) is 19.0. The number of ketones is 1. The Balaban J connectivity index is 0.00000103. The molecule has 0 aliphatic carbocycles. The largest absolute Gasteiger partial charge is 1.00 e. The number of carboxylic acid groups (broad SMARTS) is 1. The number of nitrogens with zero attached hydrogens (tertiary/aromatic N) is 1. The van der Waals surface area contributed by atoms with Crippen molar-refractivity contribution in [1.29, 1.82) is 0 Å². The number of aliphatic hydroxyl groups is 1. The minimum absolute atomic E-state index is 0. The molecule has 1 fully saturated rings. The van der Waals surface area contributed by atoms with Gasteiger partial charge in [-0.1, -0.05) is 45.0 Å². The normalized spacial score (nSPS) is 19.5. The van der Waals surface area contributed by atoms with Crippen molar-refractivity contribution in [2.24, 2.45) is 5.92 Å². The Morgan fingerprint density at radius 3 is 2.07 bits per heavy atom. The van der Waals surface area contributed by atoms with Crippen molar-refractivity contribution >= 4 is 23.2 Å². The second kappa shape index (κ2) is 11.9. The molecule has 1 aromatic rings. The van der Waals surface area contributed by atoms with Crippen LogP contribution in [0.4, 0.5) is 0 Å². The number of aliphatic hydroxyl groups excluding tert-OH is 1. The van der Waals surface area contributed by atoms with Crippen LogP contribution in [0.2, 0.25) is 0 Å². The quantitative estimate of drug-likeness (QED) is 0.384. The van der Waals surface area contributed by atoms with Crippen LogP contribution in [0.3, 0.4) is 0 Å². The van der Waals surface area contributed by atoms with Gasteiger partial charge in [0.1, 0.15) is 0 Å². The van der Waals surface area contributed by atoms with Gasteiger partial charge in [0.15, 0.2) is 5.78 Å². The summed E-state index contributed by atoms with van der Waals surface area (Å²) < 4.78 is 0. The number of carboxylic acids is 1. The zero-order valence-corrected chi connectivity index (χ0v) is 20.0. The van der Waals surface area contributed by atoms with Crippen LogP contribution < -0.4 is 56.5 Å². The van der Waals surface area contributed by atoms with Crippen LogP contribution in [0.5, 0.6) is 0 Å². The van der Waals surface area contributed by atoms with E-state index in [0.29, 0.717) is 23.1 Å². The standard InChI is InChI=1S/C16H15NO4.C2H6O.C2H6.K/c1-8-12-7-13(19)17(12)15(16(20)21)14(8)11-5-3-10(4-6-11)9(2)18;1-2-3;1-2;/h3-6,8,12H,7H2,1-2H3,(H,20,21);3H,2H2,1H3;1-2H3;/q;;;+1/p-1. The average molecular weight is 400 g/mol. The minimum Gasteiger partial charge on any atom is -0.543 e. The van der Waals surface area contributed by atoms with E-state index >= 15 is 0 Å². The first-order chi connectivity index (χ1) is 12.3. The van der Waals surface area contributed by atoms with E-state index in [1.807, 2.05) is 20.8 Å². The van der Waals surface area contributed by atoms with E-state index in [4.69, 9.17) is 5.11 Å². The van der Waals surface area contributed by atoms with E-state index in [1.54, 1.807) is 31.2 Å². The molecule has 1 aromatic carbocycles. The van der Waals surface area contributed by atoms with Crippen LogP contribution in [-0.2, 0) is 9.59 Å². The summed E-state index contributed by atoms with van der Waals surface area (Å²) >= 11 is 0. The molecule has 0 spiro atoms. The van der Waals surface area contributed by atoms with Gasteiger partial charge < -0.3 is 19.9 Å². The number of Topliss-reactive ketones (excluding diaryl/α,β-unsaturated/α-hetero) is 1. The maximum atomic E-state index is 11.6. The summed E-state index contributed by atoms with van der Waals surface area (Å²) in [6.45, 7) is 9.32. The summed E-state index contributed by atoms with van der Waals surface area (Å²) in [4.78, 5) is 35.7. The second-order valence-electron chi connectivity index (χ2n) is 5.82. The molecule has 6 nitrogen and oxygen atoms in total. The maximum absolute atomic E-state index is 11.6. The van der Waals surface area contributed by atoms with Crippen molar-refractivity contribution in [1.82, 2.24) is 4.90 Å². The van der Waals surface area contributed by atoms with E-state index in [9.17, 15) is 19.5 Å². The molecule has 0 saturated carbocycles. The predicted molar refractivity (Wildman–Crippen MR) is 96.9 cm³/mol. The molecule has 1 amide bonds. The summed E-state index contributed by atoms with van der Waals surface area (Å²) in [6.07, 6.45) is 0.368. The van der Waals surface area contributed by atoms with E-state index in [1.165, 1.54) is 11.8 Å². The van der Waals surface area contributed by atoms with Crippen molar-refractivity contribution in [3.8, 4) is 0 Å². The molecule has 2 unspecified atom stereocenters. The Kier molecular flexibility index (Phi) is 11.5. The van der Waals surface area contributed by atoms with Gasteiger partial charge >= 0.3 is 51.4 Å². The third kappa shape index (κ3) is 5.59. The van der Waals surface area contributed by atoms with Crippen molar-refractivity contribution in [2.75, 3.05) is 6.61 Å². The zero-order chi connectivity index (χ0) is 20.0. The van der Waals surface area contributed by atoms with E-state index in [0.717, 1.165) is 0 Å². The molecule has 3 rings (SSSR count). The van der Waals surface area contributed by atoms with Crippen molar-refractivity contribution in [2.45, 2.75) is 47.1 Å². The van der Waals surface area contributed by atoms with Crippen LogP contribution in [0.15, 0.2) is 30.0 Å². The summed E-state index contributed by atoms with van der Waals surface area (Å²) in [5.74, 6) is -1.61. The summed E-state index contributed by atoms with van der Waals surface area (Å²) in [5.41, 5.74) is 1.87. The number of fused-ring (bicyclic) bond motifs is 1. The average Bonchev–Trinajstić information content (AvgIpc) is 2.85. The fourth-order valence-corrected chi connectivity index (χ4v) is 3.16. The molecule has 2 atom stereocenters. The van der Waals surface area contributed by atoms with E-state index in [-0.39, 0.29) is 87.3 Å². The first kappa shape index (κ1) is 26.2. The Morgan fingerprint density at radius 1 is 1.22 bits per heavy atom. The number of hydrogen-bond acceptors (Lipinski definition) is 5. The molecule has 2 aliphatic heterocycles. The molecule has 0 aromatic heterocycles. The van der Waals surface area contributed by atoms with Gasteiger partial charge in [0, 0.05) is 24.5 Å². The molecular formula is C20H26KNO5. The van der Waals surface area contributed by atoms with Crippen molar-refractivity contribution in [3.05, 3.63) is 41.1 Å². The van der Waals surface area contributed by atoms with Gasteiger partial charge in [-0.15, -0.1) is 0 Å². The van der Waals surface area contributed by atoms with Gasteiger partial charge in [-0.05, 0) is 25.0 Å². The van der Waals surface area contributed by atoms with Crippen LogP contribution in [0.25, 0.3) is 5.57 Å². The number of carbonyl (C=O) groups is 3. The van der Waals surface area contributed by atoms with Gasteiger partial charge in [-0.3, -0.25) is 9.59 Å². The maximum Gasteiger partial charge on any atom is 1.00 e. The molecule has 27 heavy (non-hydrogen) atoms. The van der Waals surface area contributed by atoms with Gasteiger partial charge in [-0.25, -0.2) is 0 Å². The Hall–Kier alpha value is -0.834. The Bertz CT molecular complexity index is 712. The number of benzene rings is 1. The number of carbonyl (C=O) groups excluding carboxylic acids is 3. The molecule has 1 saturated heterocycles. The van der Waals surface area contributed by atoms with Crippen LogP contribution >= 0.6 is 0 Å². The molecule has 2 heterocycles. The zero-order valence-electron chi connectivity index (χ0n) is 16.9. The SMILES string of the molecule is CC.CC(=O)c1ccc(C2=C(C(=O)[O-])N3C(=O)CC3C2C)cc1.CCO.[K+]. The van der Waals surface area contributed by atoms with E-state index in [2.05, 4.69) is 0 Å². The van der Waals surface area contributed by atoms with Gasteiger partial charge in [0.25, 0.3) is 0 Å². The number of aliphatic carboxylic acids is 1. The number of hydrogen-bond donors (Lipinski definition) is 1. The predicted octanol–water partition coefficient (Wildman–Crippen LogP) is -1.37. The van der Waals surface area contributed by atoms with Crippen LogP contribution in [0, 0.1) is 5.92 Å². The summed E-state index contributed by atoms with van der Waals surface area (Å²) in [6, 6.07) is 6.69. The molecular weight excluding hydrogens is 373 g/mol. The number of amides is 1. The Labute approximate surface area is 203 Å². The van der Waals surface area contributed by atoms with Gasteiger partial charge in [-0.2, -0.15) is 0 Å². The topological polar surface area (TPSA) is 97.7 Å². The van der Waals surface area contributed by atoms with Gasteiger partial charge in [0.05, 0.1) is 17.7 Å². The summed E-state index contributed by atoms with van der Waals surface area (Å²) in [7, 11) is 0. The third-order valence-corrected chi connectivity index (χ3v) is 4.31. The number of rotatable bonds is 3. The second-order valence-corrected chi connectivity index (χ2v) is 5.82. The molecule has 1 N–H and O–H groups in total. The first-order valence-electron chi connectivity index (χ1n) is 8.83. The fraction of sp³-hybridized carbons (Fsp3) is 0.450. The van der Waals surface area contributed by atoms with E-state index < -0.39 is 5.97 Å². The van der Waals surface area contributed by atoms with Crippen LogP contribution in [-0.4, -0.2) is 40.3 Å². The van der Waals surface area contributed by atoms with Crippen molar-refractivity contribution in [3.63, 3.8) is 0 Å². The monoisotopic (exact) mass is 399 g/mol. The fourth-order valence-electron chi connectivity index (χ4n) is 3.16. The minimum atomic E-state index is -1.33. The molecule has 0 bridgehead atoms. The molecule has 142 valence electrons.